The Morgan fingerprint density at radius 1 is 0.500 bits per heavy atom. The molecule has 6 heteroatoms. The van der Waals surface area contributed by atoms with Gasteiger partial charge in [0.1, 0.15) is 11.2 Å². The summed E-state index contributed by atoms with van der Waals surface area (Å²) in [6, 6.07) is 7.67. The summed E-state index contributed by atoms with van der Waals surface area (Å²) in [7, 11) is 0. The molecule has 0 aliphatic heterocycles. The van der Waals surface area contributed by atoms with Crippen LogP contribution in [0.15, 0.2) is 24.3 Å². The van der Waals surface area contributed by atoms with E-state index in [4.69, 9.17) is 19.6 Å². The molecular formula is C38H66O6. The molecule has 0 aliphatic carbocycles. The van der Waals surface area contributed by atoms with Crippen LogP contribution in [0.5, 0.6) is 0 Å². The first-order valence-electron chi connectivity index (χ1n) is 17.3. The number of rotatable bonds is 22. The van der Waals surface area contributed by atoms with Crippen LogP contribution >= 0.6 is 0 Å². The molecule has 6 nitrogen and oxygen atoms in total. The van der Waals surface area contributed by atoms with E-state index in [0.29, 0.717) is 23.7 Å². The molecule has 0 N–H and O–H groups in total. The van der Waals surface area contributed by atoms with Gasteiger partial charge in [-0.3, -0.25) is 9.78 Å². The van der Waals surface area contributed by atoms with Gasteiger partial charge >= 0.3 is 11.9 Å². The number of carbonyl (C=O) groups excluding carboxylic acids is 2. The van der Waals surface area contributed by atoms with Crippen molar-refractivity contribution < 1.29 is 29.1 Å². The zero-order valence-electron chi connectivity index (χ0n) is 30.1. The van der Waals surface area contributed by atoms with Crippen molar-refractivity contribution in [3.63, 3.8) is 0 Å². The van der Waals surface area contributed by atoms with Gasteiger partial charge in [0, 0.05) is 12.8 Å². The molecule has 44 heavy (non-hydrogen) atoms. The molecule has 1 rings (SSSR count). The van der Waals surface area contributed by atoms with Crippen LogP contribution in [0.4, 0.5) is 0 Å². The normalized spacial score (nSPS) is 12.8. The number of hydrogen-bond donors (Lipinski definition) is 0. The smallest absolute Gasteiger partial charge is 0.297 e. The van der Waals surface area contributed by atoms with E-state index in [2.05, 4.69) is 41.5 Å². The quantitative estimate of drug-likeness (QED) is 0.0731. The van der Waals surface area contributed by atoms with E-state index in [1.165, 1.54) is 51.4 Å². The Kier molecular flexibility index (Phi) is 17.8. The lowest BCUT2D eigenvalue weighted by Gasteiger charge is -2.27. The Morgan fingerprint density at radius 2 is 0.818 bits per heavy atom. The van der Waals surface area contributed by atoms with E-state index in [1.54, 1.807) is 0 Å². The first-order chi connectivity index (χ1) is 20.4. The minimum atomic E-state index is -0.863. The lowest BCUT2D eigenvalue weighted by atomic mass is 9.89. The van der Waals surface area contributed by atoms with E-state index >= 15 is 0 Å². The third-order valence-electron chi connectivity index (χ3n) is 8.05. The molecule has 0 amide bonds. The molecule has 0 atom stereocenters. The van der Waals surface area contributed by atoms with E-state index in [9.17, 15) is 9.59 Å². The molecule has 0 bridgehead atoms. The molecule has 0 fully saturated rings. The fourth-order valence-corrected chi connectivity index (χ4v) is 5.01. The van der Waals surface area contributed by atoms with Gasteiger partial charge in [-0.1, -0.05) is 124 Å². The second-order valence-corrected chi connectivity index (χ2v) is 16.0. The maximum Gasteiger partial charge on any atom is 0.342 e. The van der Waals surface area contributed by atoms with Crippen LogP contribution in [0.2, 0.25) is 0 Å². The first kappa shape index (κ1) is 40.1. The largest absolute Gasteiger partial charge is 0.342 e. The zero-order valence-corrected chi connectivity index (χ0v) is 30.1. The summed E-state index contributed by atoms with van der Waals surface area (Å²) >= 11 is 0. The Labute approximate surface area is 270 Å². The molecular weight excluding hydrogens is 552 g/mol. The van der Waals surface area contributed by atoms with E-state index in [-0.39, 0.29) is 11.9 Å². The van der Waals surface area contributed by atoms with Gasteiger partial charge in [-0.25, -0.2) is 9.59 Å². The maximum atomic E-state index is 12.3. The van der Waals surface area contributed by atoms with Gasteiger partial charge in [0.2, 0.25) is 0 Å². The average Bonchev–Trinajstić information content (AvgIpc) is 2.92. The highest BCUT2D eigenvalue weighted by atomic mass is 17.2. The van der Waals surface area contributed by atoms with Gasteiger partial charge in [0.25, 0.3) is 0 Å². The van der Waals surface area contributed by atoms with Crippen LogP contribution in [-0.4, -0.2) is 11.9 Å². The summed E-state index contributed by atoms with van der Waals surface area (Å²) in [5, 5.41) is 0. The topological polar surface area (TPSA) is 71.1 Å². The summed E-state index contributed by atoms with van der Waals surface area (Å²) in [6.45, 7) is 21.1. The van der Waals surface area contributed by atoms with Crippen molar-refractivity contribution in [1.82, 2.24) is 0 Å². The molecule has 254 valence electrons. The fraction of sp³-hybridized carbons (Fsp3) is 0.789. The molecule has 1 aromatic carbocycles. The monoisotopic (exact) mass is 618 g/mol. The van der Waals surface area contributed by atoms with Crippen molar-refractivity contribution in [2.75, 3.05) is 0 Å². The highest BCUT2D eigenvalue weighted by molar-refractivity contribution is 5.68. The zero-order chi connectivity index (χ0) is 33.3. The van der Waals surface area contributed by atoms with Crippen molar-refractivity contribution in [3.8, 4) is 0 Å². The van der Waals surface area contributed by atoms with E-state index < -0.39 is 11.2 Å². The maximum absolute atomic E-state index is 12.3. The number of benzene rings is 1. The minimum Gasteiger partial charge on any atom is -0.297 e. The van der Waals surface area contributed by atoms with Gasteiger partial charge < -0.3 is 0 Å². The van der Waals surface area contributed by atoms with Crippen LogP contribution in [0, 0.1) is 10.8 Å². The molecule has 0 aromatic heterocycles. The van der Waals surface area contributed by atoms with Crippen LogP contribution < -0.4 is 0 Å². The fourth-order valence-electron chi connectivity index (χ4n) is 5.01. The molecule has 0 spiro atoms. The SMILES string of the molecule is CC(C)(C)CCCCCCCCC(=O)OOC(C)(C)c1cccc(C(C)(C)OOC(=O)CCCCCCCCC(C)(C)C)c1. The number of carbonyl (C=O) groups is 2. The molecule has 0 heterocycles. The summed E-state index contributed by atoms with van der Waals surface area (Å²) in [5.41, 5.74) is 0.730. The Morgan fingerprint density at radius 3 is 1.16 bits per heavy atom. The first-order valence-corrected chi connectivity index (χ1v) is 17.3. The van der Waals surface area contributed by atoms with Gasteiger partial charge in [-0.2, -0.15) is 9.78 Å². The predicted octanol–water partition coefficient (Wildman–Crippen LogP) is 11.4. The lowest BCUT2D eigenvalue weighted by molar-refractivity contribution is -0.331. The van der Waals surface area contributed by atoms with Crippen LogP contribution in [0.3, 0.4) is 0 Å². The van der Waals surface area contributed by atoms with E-state index in [1.807, 2.05) is 52.0 Å². The summed E-state index contributed by atoms with van der Waals surface area (Å²) < 4.78 is 0. The van der Waals surface area contributed by atoms with Gasteiger partial charge in [-0.15, -0.1) is 0 Å². The molecule has 0 saturated carbocycles. The van der Waals surface area contributed by atoms with Gasteiger partial charge in [0.15, 0.2) is 0 Å². The third kappa shape index (κ3) is 19.5. The van der Waals surface area contributed by atoms with Gasteiger partial charge in [0.05, 0.1) is 0 Å². The molecule has 0 aliphatic rings. The van der Waals surface area contributed by atoms with Crippen molar-refractivity contribution in [2.45, 2.75) is 183 Å². The van der Waals surface area contributed by atoms with Crippen LogP contribution in [0.25, 0.3) is 0 Å². The predicted molar refractivity (Wildman–Crippen MR) is 180 cm³/mol. The number of unbranched alkanes of at least 4 members (excludes halogenated alkanes) is 10. The molecule has 0 unspecified atom stereocenters. The number of hydrogen-bond acceptors (Lipinski definition) is 6. The minimum absolute atomic E-state index is 0.349. The van der Waals surface area contributed by atoms with Crippen LogP contribution in [-0.2, 0) is 40.3 Å². The van der Waals surface area contributed by atoms with Crippen molar-refractivity contribution in [2.24, 2.45) is 10.8 Å². The van der Waals surface area contributed by atoms with Gasteiger partial charge in [-0.05, 0) is 81.4 Å². The molecule has 1 aromatic rings. The second-order valence-electron chi connectivity index (χ2n) is 16.0. The molecule has 0 radical (unpaired) electrons. The summed E-state index contributed by atoms with van der Waals surface area (Å²) in [6.07, 6.45) is 16.6. The van der Waals surface area contributed by atoms with Crippen LogP contribution in [0.1, 0.15) is 183 Å². The second kappa shape index (κ2) is 19.6. The Balaban J connectivity index is 2.37. The van der Waals surface area contributed by atoms with Crippen molar-refractivity contribution in [3.05, 3.63) is 35.4 Å². The Bertz CT molecular complexity index is 878. The highest BCUT2D eigenvalue weighted by Gasteiger charge is 2.30. The Hall–Kier alpha value is -1.92. The lowest BCUT2D eigenvalue weighted by Crippen LogP contribution is -2.27. The standard InChI is InChI=1S/C38H66O6/c1-35(2,3)28-21-17-13-11-15-19-26-33(39)41-43-37(7,8)31-24-23-25-32(30-31)38(9,10)44-42-34(40)27-20-16-12-14-18-22-29-36(4,5)6/h23-25,30H,11-22,26-29H2,1-10H3. The summed E-state index contributed by atoms with van der Waals surface area (Å²) in [4.78, 5) is 46.2. The summed E-state index contributed by atoms with van der Waals surface area (Å²) in [5.74, 6) is -0.698. The molecule has 0 saturated heterocycles. The average molecular weight is 619 g/mol. The third-order valence-corrected chi connectivity index (χ3v) is 8.05. The van der Waals surface area contributed by atoms with Crippen molar-refractivity contribution in [1.29, 1.82) is 0 Å². The van der Waals surface area contributed by atoms with Crippen molar-refractivity contribution >= 4 is 11.9 Å². The highest BCUT2D eigenvalue weighted by Crippen LogP contribution is 2.32. The van der Waals surface area contributed by atoms with E-state index in [0.717, 1.165) is 49.7 Å².